The minimum atomic E-state index is -0.108. The molecule has 0 atom stereocenters. The third-order valence-corrected chi connectivity index (χ3v) is 8.54. The van der Waals surface area contributed by atoms with Crippen LogP contribution in [0.15, 0.2) is 54.6 Å². The highest BCUT2D eigenvalue weighted by Crippen LogP contribution is 2.56. The quantitative estimate of drug-likeness (QED) is 0.282. The molecule has 5 aromatic rings. The summed E-state index contributed by atoms with van der Waals surface area (Å²) in [5.74, 6) is 1.07. The van der Waals surface area contributed by atoms with Gasteiger partial charge in [0, 0.05) is 31.8 Å². The van der Waals surface area contributed by atoms with Crippen molar-refractivity contribution in [2.75, 3.05) is 6.61 Å². The van der Waals surface area contributed by atoms with Crippen LogP contribution in [0.4, 0.5) is 4.39 Å². The van der Waals surface area contributed by atoms with Crippen molar-refractivity contribution < 1.29 is 9.13 Å². The second kappa shape index (κ2) is 6.16. The Morgan fingerprint density at radius 3 is 2.40 bits per heavy atom. The molecule has 2 aliphatic rings. The van der Waals surface area contributed by atoms with Gasteiger partial charge < -0.3 is 4.74 Å². The molecule has 1 nitrogen and oxygen atoms in total. The Hall–Kier alpha value is -2.69. The second-order valence-electron chi connectivity index (χ2n) is 8.12. The van der Waals surface area contributed by atoms with E-state index in [-0.39, 0.29) is 5.13 Å². The van der Waals surface area contributed by atoms with Crippen molar-refractivity contribution in [3.8, 4) is 28.0 Å². The average Bonchev–Trinajstić information content (AvgIpc) is 3.44. The lowest BCUT2D eigenvalue weighted by Crippen LogP contribution is -1.98. The predicted molar refractivity (Wildman–Crippen MR) is 125 cm³/mol. The summed E-state index contributed by atoms with van der Waals surface area (Å²) in [4.78, 5) is 1.41. The maximum absolute atomic E-state index is 13.8. The van der Waals surface area contributed by atoms with Gasteiger partial charge in [-0.1, -0.05) is 36.4 Å². The Labute approximate surface area is 181 Å². The lowest BCUT2D eigenvalue weighted by atomic mass is 9.79. The van der Waals surface area contributed by atoms with E-state index in [0.717, 1.165) is 41.7 Å². The number of ether oxygens (including phenoxy) is 1. The van der Waals surface area contributed by atoms with Crippen molar-refractivity contribution in [2.45, 2.75) is 19.3 Å². The summed E-state index contributed by atoms with van der Waals surface area (Å²) in [7, 11) is 0. The van der Waals surface area contributed by atoms with Crippen molar-refractivity contribution in [1.82, 2.24) is 0 Å². The molecular formula is C26H17FOS2. The number of hydrogen-bond acceptors (Lipinski definition) is 3. The van der Waals surface area contributed by atoms with E-state index in [0.29, 0.717) is 0 Å². The van der Waals surface area contributed by atoms with Gasteiger partial charge in [0.25, 0.3) is 0 Å². The molecule has 0 radical (unpaired) electrons. The van der Waals surface area contributed by atoms with Gasteiger partial charge in [-0.25, -0.2) is 0 Å². The Morgan fingerprint density at radius 1 is 0.800 bits per heavy atom. The van der Waals surface area contributed by atoms with E-state index in [2.05, 4.69) is 48.5 Å². The molecule has 2 aromatic heterocycles. The molecule has 0 unspecified atom stereocenters. The van der Waals surface area contributed by atoms with Gasteiger partial charge in [0.1, 0.15) is 5.75 Å². The van der Waals surface area contributed by atoms with Gasteiger partial charge in [-0.15, -0.1) is 22.7 Å². The number of rotatable bonds is 3. The molecule has 0 spiro atoms. The van der Waals surface area contributed by atoms with E-state index >= 15 is 0 Å². The molecule has 0 N–H and O–H groups in total. The van der Waals surface area contributed by atoms with Gasteiger partial charge in [-0.2, -0.15) is 4.39 Å². The van der Waals surface area contributed by atoms with E-state index < -0.39 is 0 Å². The van der Waals surface area contributed by atoms with Crippen LogP contribution in [-0.2, 0) is 19.3 Å². The smallest absolute Gasteiger partial charge is 0.177 e. The molecule has 0 amide bonds. The van der Waals surface area contributed by atoms with E-state index in [4.69, 9.17) is 4.74 Å². The summed E-state index contributed by atoms with van der Waals surface area (Å²) in [6, 6.07) is 19.3. The number of benzene rings is 3. The van der Waals surface area contributed by atoms with Gasteiger partial charge in [-0.3, -0.25) is 0 Å². The van der Waals surface area contributed by atoms with Crippen LogP contribution in [-0.4, -0.2) is 6.61 Å². The first-order chi connectivity index (χ1) is 14.7. The molecule has 30 heavy (non-hydrogen) atoms. The molecule has 146 valence electrons. The first-order valence-corrected chi connectivity index (χ1v) is 11.9. The zero-order valence-electron chi connectivity index (χ0n) is 16.1. The summed E-state index contributed by atoms with van der Waals surface area (Å²) in [5.41, 5.74) is 7.79. The number of aryl methyl sites for hydroxylation is 2. The van der Waals surface area contributed by atoms with Crippen LogP contribution >= 0.6 is 22.7 Å². The van der Waals surface area contributed by atoms with Crippen LogP contribution in [0.3, 0.4) is 0 Å². The average molecular weight is 429 g/mol. The van der Waals surface area contributed by atoms with Crippen LogP contribution in [0.2, 0.25) is 0 Å². The van der Waals surface area contributed by atoms with Gasteiger partial charge in [0.05, 0.1) is 6.61 Å². The number of thiophene rings is 2. The highest BCUT2D eigenvalue weighted by molar-refractivity contribution is 7.20. The van der Waals surface area contributed by atoms with Crippen LogP contribution in [0.1, 0.15) is 16.0 Å². The molecule has 3 heterocycles. The minimum Gasteiger partial charge on any atom is -0.493 e. The van der Waals surface area contributed by atoms with Gasteiger partial charge in [-0.05, 0) is 64.1 Å². The van der Waals surface area contributed by atoms with Crippen LogP contribution in [0.25, 0.3) is 42.4 Å². The molecule has 4 heteroatoms. The van der Waals surface area contributed by atoms with Crippen molar-refractivity contribution in [3.63, 3.8) is 0 Å². The summed E-state index contributed by atoms with van der Waals surface area (Å²) in [5, 5.41) is 2.21. The molecule has 3 aromatic carbocycles. The minimum absolute atomic E-state index is 0.108. The second-order valence-corrected chi connectivity index (χ2v) is 10.3. The van der Waals surface area contributed by atoms with E-state index in [1.54, 1.807) is 6.07 Å². The molecule has 0 fully saturated rings. The zero-order valence-corrected chi connectivity index (χ0v) is 17.8. The number of halogens is 1. The molecular weight excluding hydrogens is 411 g/mol. The van der Waals surface area contributed by atoms with Crippen molar-refractivity contribution in [1.29, 1.82) is 0 Å². The highest BCUT2D eigenvalue weighted by Gasteiger charge is 2.28. The number of hydrogen-bond donors (Lipinski definition) is 0. The highest BCUT2D eigenvalue weighted by atomic mass is 32.1. The molecule has 0 saturated heterocycles. The van der Waals surface area contributed by atoms with Crippen LogP contribution in [0, 0.1) is 5.13 Å². The third-order valence-electron chi connectivity index (χ3n) is 6.35. The van der Waals surface area contributed by atoms with Gasteiger partial charge in [0.15, 0.2) is 5.13 Å². The summed E-state index contributed by atoms with van der Waals surface area (Å²) in [6.45, 7) is 0.812. The zero-order chi connectivity index (χ0) is 19.8. The fourth-order valence-corrected chi connectivity index (χ4v) is 7.04. The van der Waals surface area contributed by atoms with Gasteiger partial charge >= 0.3 is 0 Å². The molecule has 0 saturated carbocycles. The monoisotopic (exact) mass is 428 g/mol. The Bertz CT molecular complexity index is 1490. The fourth-order valence-electron chi connectivity index (χ4n) is 4.87. The SMILES string of the molecule is Fc1cc2ccc3c(c2s1)-c1ccc2cc(CCc4ccc5c(c4)OCC5)sc2c1-3. The molecule has 7 rings (SSSR count). The largest absolute Gasteiger partial charge is 0.493 e. The van der Waals surface area contributed by atoms with E-state index in [9.17, 15) is 4.39 Å². The molecule has 1 aliphatic heterocycles. The van der Waals surface area contributed by atoms with Crippen LogP contribution in [0.5, 0.6) is 5.75 Å². The van der Waals surface area contributed by atoms with E-state index in [1.807, 2.05) is 11.3 Å². The maximum Gasteiger partial charge on any atom is 0.177 e. The lowest BCUT2D eigenvalue weighted by molar-refractivity contribution is 0.356. The Kier molecular flexibility index (Phi) is 3.50. The Balaban J connectivity index is 1.23. The Morgan fingerprint density at radius 2 is 1.57 bits per heavy atom. The van der Waals surface area contributed by atoms with Crippen LogP contribution < -0.4 is 4.74 Å². The lowest BCUT2D eigenvalue weighted by Gasteiger charge is -2.25. The fraction of sp³-hybridized carbons (Fsp3) is 0.154. The van der Waals surface area contributed by atoms with Crippen molar-refractivity contribution in [3.05, 3.63) is 75.7 Å². The third kappa shape index (κ3) is 2.38. The normalized spacial score (nSPS) is 13.8. The molecule has 0 bridgehead atoms. The van der Waals surface area contributed by atoms with Gasteiger partial charge in [0.2, 0.25) is 0 Å². The van der Waals surface area contributed by atoms with Crippen molar-refractivity contribution in [2.24, 2.45) is 0 Å². The maximum atomic E-state index is 13.8. The first-order valence-electron chi connectivity index (χ1n) is 10.3. The summed E-state index contributed by atoms with van der Waals surface area (Å²) in [6.07, 6.45) is 3.09. The topological polar surface area (TPSA) is 9.23 Å². The summed E-state index contributed by atoms with van der Waals surface area (Å²) < 4.78 is 22.0. The summed E-state index contributed by atoms with van der Waals surface area (Å²) >= 11 is 3.17. The first kappa shape index (κ1) is 17.0. The standard InChI is InChI=1S/C26H17FOS2/c27-22-13-17-5-8-20-23-19(24(20)26(17)30-22)7-4-16-12-18(29-25(16)23)6-2-14-1-3-15-9-10-28-21(15)11-14/h1,3-5,7-8,11-13H,2,6,9-10H2. The van der Waals surface area contributed by atoms with E-state index in [1.165, 1.54) is 59.7 Å². The predicted octanol–water partition coefficient (Wildman–Crippen LogP) is 7.62. The molecule has 1 aliphatic carbocycles. The van der Waals surface area contributed by atoms with Crippen molar-refractivity contribution >= 4 is 42.8 Å². The number of fused-ring (bicyclic) bond motifs is 9.